The monoisotopic (exact) mass is 440 g/mol. The zero-order valence-corrected chi connectivity index (χ0v) is 18.6. The summed E-state index contributed by atoms with van der Waals surface area (Å²) < 4.78 is 22.9. The quantitative estimate of drug-likeness (QED) is 0.563. The van der Waals surface area contributed by atoms with Crippen molar-refractivity contribution in [3.63, 3.8) is 0 Å². The summed E-state index contributed by atoms with van der Waals surface area (Å²) in [5.74, 6) is -2.29. The molecule has 7 nitrogen and oxygen atoms in total. The first kappa shape index (κ1) is 20.2. The van der Waals surface area contributed by atoms with E-state index in [0.717, 1.165) is 30.4 Å². The highest BCUT2D eigenvalue weighted by Gasteiger charge is 2.83. The minimum Gasteiger partial charge on any atom is -0.472 e. The van der Waals surface area contributed by atoms with Crippen LogP contribution in [0.5, 0.6) is 0 Å². The van der Waals surface area contributed by atoms with E-state index >= 15 is 0 Å². The lowest BCUT2D eigenvalue weighted by Crippen LogP contribution is -2.44. The van der Waals surface area contributed by atoms with Crippen LogP contribution in [-0.2, 0) is 23.8 Å². The molecule has 1 N–H and O–H groups in total. The van der Waals surface area contributed by atoms with Gasteiger partial charge in [-0.15, -0.1) is 0 Å². The molecule has 0 aromatic carbocycles. The Balaban J connectivity index is 1.29. The number of rotatable bonds is 4. The van der Waals surface area contributed by atoms with Gasteiger partial charge in [0.25, 0.3) is 0 Å². The summed E-state index contributed by atoms with van der Waals surface area (Å²) >= 11 is 0. The Morgan fingerprint density at radius 1 is 1.22 bits per heavy atom. The van der Waals surface area contributed by atoms with Crippen LogP contribution in [-0.4, -0.2) is 34.0 Å². The zero-order valence-electron chi connectivity index (χ0n) is 18.6. The van der Waals surface area contributed by atoms with E-state index in [0.29, 0.717) is 6.42 Å². The summed E-state index contributed by atoms with van der Waals surface area (Å²) in [7, 11) is 0. The van der Waals surface area contributed by atoms with Crippen molar-refractivity contribution in [3.8, 4) is 0 Å². The number of furan rings is 1. The van der Waals surface area contributed by atoms with Crippen LogP contribution in [0.15, 0.2) is 46.8 Å². The van der Waals surface area contributed by atoms with Crippen molar-refractivity contribution in [1.29, 1.82) is 0 Å². The molecule has 5 aliphatic rings. The second kappa shape index (κ2) is 5.94. The third-order valence-electron chi connectivity index (χ3n) is 8.60. The predicted molar refractivity (Wildman–Crippen MR) is 111 cm³/mol. The fourth-order valence-electron chi connectivity index (χ4n) is 7.22. The van der Waals surface area contributed by atoms with Gasteiger partial charge in [0.05, 0.1) is 23.5 Å². The lowest BCUT2D eigenvalue weighted by molar-refractivity contribution is -0.217. The molecule has 1 saturated carbocycles. The van der Waals surface area contributed by atoms with Crippen molar-refractivity contribution < 1.29 is 33.3 Å². The second-order valence-corrected chi connectivity index (χ2v) is 10.9. The minimum absolute atomic E-state index is 0.216. The van der Waals surface area contributed by atoms with Crippen LogP contribution in [0.1, 0.15) is 64.5 Å². The standard InChI is InChI=1S/C25H28O7/c1-21(2)17(22(3)9-6-18(26)31-22)12-24(28,32-21)11-16-5-4-8-23-14-25(16,23)20(27)30-19(23)15-7-10-29-13-15/h5-7,9-10,13,17,19,28H,4,8,11-12,14H2,1-3H3/t17-,19-,22+,23-,24+,25-/m1/s1. The predicted octanol–water partition coefficient (Wildman–Crippen LogP) is 3.74. The molecular formula is C25H28O7. The number of esters is 2. The highest BCUT2D eigenvalue weighted by molar-refractivity contribution is 5.90. The van der Waals surface area contributed by atoms with Crippen LogP contribution in [0.2, 0.25) is 0 Å². The molecule has 1 aromatic rings. The summed E-state index contributed by atoms with van der Waals surface area (Å²) in [5, 5.41) is 11.6. The molecule has 3 aliphatic heterocycles. The summed E-state index contributed by atoms with van der Waals surface area (Å²) in [6, 6.07) is 1.86. The second-order valence-electron chi connectivity index (χ2n) is 10.9. The lowest BCUT2D eigenvalue weighted by Gasteiger charge is -2.36. The van der Waals surface area contributed by atoms with Crippen molar-refractivity contribution >= 4 is 11.9 Å². The maximum Gasteiger partial charge on any atom is 0.331 e. The van der Waals surface area contributed by atoms with Gasteiger partial charge in [-0.2, -0.15) is 0 Å². The fraction of sp³-hybridized carbons (Fsp3) is 0.600. The minimum atomic E-state index is -1.46. The fourth-order valence-corrected chi connectivity index (χ4v) is 7.22. The highest BCUT2D eigenvalue weighted by Crippen LogP contribution is 2.82. The highest BCUT2D eigenvalue weighted by atomic mass is 16.6. The van der Waals surface area contributed by atoms with Crippen LogP contribution in [0.3, 0.4) is 0 Å². The van der Waals surface area contributed by atoms with Gasteiger partial charge in [0.15, 0.2) is 5.79 Å². The summed E-state index contributed by atoms with van der Waals surface area (Å²) in [6.45, 7) is 5.67. The molecule has 0 radical (unpaired) electrons. The molecule has 0 amide bonds. The van der Waals surface area contributed by atoms with Gasteiger partial charge in [-0.05, 0) is 52.2 Å². The number of allylic oxidation sites excluding steroid dienone is 1. The molecule has 2 aliphatic carbocycles. The topological polar surface area (TPSA) is 95.2 Å². The SMILES string of the molecule is CC1(C)O[C@@](O)(CC2=CCC[C@]34C[C@]23C(=O)O[C@@H]4c2ccoc2)C[C@H]1[C@]1(C)C=CC(=O)O1. The van der Waals surface area contributed by atoms with E-state index in [4.69, 9.17) is 18.6 Å². The van der Waals surface area contributed by atoms with Crippen molar-refractivity contribution in [2.45, 2.75) is 76.0 Å². The van der Waals surface area contributed by atoms with Crippen molar-refractivity contribution in [2.24, 2.45) is 16.7 Å². The van der Waals surface area contributed by atoms with Gasteiger partial charge < -0.3 is 23.7 Å². The molecule has 0 spiro atoms. The van der Waals surface area contributed by atoms with Crippen LogP contribution in [0.25, 0.3) is 0 Å². The number of carbonyl (C=O) groups is 2. The van der Waals surface area contributed by atoms with E-state index in [1.54, 1.807) is 18.6 Å². The van der Waals surface area contributed by atoms with Crippen molar-refractivity contribution in [3.05, 3.63) is 48.0 Å². The van der Waals surface area contributed by atoms with Gasteiger partial charge in [0.2, 0.25) is 0 Å². The van der Waals surface area contributed by atoms with Crippen LogP contribution < -0.4 is 0 Å². The molecular weight excluding hydrogens is 412 g/mol. The molecule has 0 bridgehead atoms. The van der Waals surface area contributed by atoms with E-state index in [2.05, 4.69) is 6.08 Å². The van der Waals surface area contributed by atoms with Gasteiger partial charge in [0, 0.05) is 35.8 Å². The molecule has 1 aromatic heterocycles. The number of ether oxygens (including phenoxy) is 3. The number of cyclic esters (lactones) is 2. The first-order chi connectivity index (χ1) is 15.0. The Hall–Kier alpha value is -2.38. The Morgan fingerprint density at radius 3 is 2.72 bits per heavy atom. The van der Waals surface area contributed by atoms with E-state index in [9.17, 15) is 14.7 Å². The largest absolute Gasteiger partial charge is 0.472 e. The van der Waals surface area contributed by atoms with Crippen LogP contribution >= 0.6 is 0 Å². The summed E-state index contributed by atoms with van der Waals surface area (Å²) in [6.07, 6.45) is 11.1. The first-order valence-corrected chi connectivity index (χ1v) is 11.3. The van der Waals surface area contributed by atoms with Gasteiger partial charge in [-0.3, -0.25) is 4.79 Å². The lowest BCUT2D eigenvalue weighted by atomic mass is 9.73. The molecule has 7 heteroatoms. The Kier molecular flexibility index (Phi) is 3.76. The normalized spacial score (nSPS) is 45.8. The average Bonchev–Trinajstić information content (AvgIpc) is 3.06. The van der Waals surface area contributed by atoms with Crippen LogP contribution in [0.4, 0.5) is 0 Å². The number of hydrogen-bond donors (Lipinski definition) is 1. The maximum absolute atomic E-state index is 13.2. The average molecular weight is 440 g/mol. The zero-order chi connectivity index (χ0) is 22.6. The summed E-state index contributed by atoms with van der Waals surface area (Å²) in [4.78, 5) is 24.9. The molecule has 170 valence electrons. The van der Waals surface area contributed by atoms with Crippen LogP contribution in [0, 0.1) is 16.7 Å². The molecule has 6 atom stereocenters. The van der Waals surface area contributed by atoms with Gasteiger partial charge >= 0.3 is 11.9 Å². The molecule has 6 rings (SSSR count). The van der Waals surface area contributed by atoms with Gasteiger partial charge in [-0.25, -0.2) is 4.79 Å². The number of aliphatic hydroxyl groups is 1. The van der Waals surface area contributed by atoms with E-state index in [1.807, 2.05) is 26.8 Å². The molecule has 2 saturated heterocycles. The first-order valence-electron chi connectivity index (χ1n) is 11.3. The third kappa shape index (κ3) is 2.44. The van der Waals surface area contributed by atoms with Gasteiger partial charge in [-0.1, -0.05) is 11.6 Å². The Bertz CT molecular complexity index is 1070. The van der Waals surface area contributed by atoms with E-state index in [1.165, 1.54) is 6.08 Å². The maximum atomic E-state index is 13.2. The van der Waals surface area contributed by atoms with E-state index < -0.39 is 22.4 Å². The molecule has 4 heterocycles. The van der Waals surface area contributed by atoms with Crippen molar-refractivity contribution in [1.82, 2.24) is 0 Å². The van der Waals surface area contributed by atoms with Crippen molar-refractivity contribution in [2.75, 3.05) is 0 Å². The number of hydrogen-bond acceptors (Lipinski definition) is 7. The molecule has 32 heavy (non-hydrogen) atoms. The third-order valence-corrected chi connectivity index (χ3v) is 8.60. The Labute approximate surface area is 186 Å². The molecule has 0 unspecified atom stereocenters. The van der Waals surface area contributed by atoms with Gasteiger partial charge in [0.1, 0.15) is 11.7 Å². The number of carbonyl (C=O) groups excluding carboxylic acids is 2. The smallest absolute Gasteiger partial charge is 0.331 e. The van der Waals surface area contributed by atoms with E-state index in [-0.39, 0.29) is 35.8 Å². The summed E-state index contributed by atoms with van der Waals surface area (Å²) in [5.41, 5.74) is -0.745. The molecule has 3 fully saturated rings. The Morgan fingerprint density at radius 2 is 2.03 bits per heavy atom.